The summed E-state index contributed by atoms with van der Waals surface area (Å²) >= 11 is 0. The maximum atomic E-state index is 9.45. The van der Waals surface area contributed by atoms with Gasteiger partial charge < -0.3 is 21.4 Å². The van der Waals surface area contributed by atoms with Crippen LogP contribution >= 0.6 is 0 Å². The Labute approximate surface area is 103 Å². The van der Waals surface area contributed by atoms with Crippen LogP contribution in [0.1, 0.15) is 46.0 Å². The van der Waals surface area contributed by atoms with Crippen molar-refractivity contribution in [2.45, 2.75) is 51.5 Å². The van der Waals surface area contributed by atoms with Crippen molar-refractivity contribution < 1.29 is 10.3 Å². The molecule has 0 aromatic rings. The normalized spacial score (nSPS) is 20.8. The van der Waals surface area contributed by atoms with Gasteiger partial charge in [0.05, 0.1) is 6.61 Å². The average Bonchev–Trinajstić information content (AvgIpc) is 2.77. The van der Waals surface area contributed by atoms with Gasteiger partial charge in [0.25, 0.3) is 0 Å². The molecule has 1 saturated carbocycles. The zero-order valence-electron chi connectivity index (χ0n) is 10.9. The van der Waals surface area contributed by atoms with Crippen molar-refractivity contribution in [3.05, 3.63) is 0 Å². The largest absolute Gasteiger partial charge is 0.409 e. The number of hydrogen-bond acceptors (Lipinski definition) is 4. The van der Waals surface area contributed by atoms with Crippen LogP contribution in [0.3, 0.4) is 0 Å². The molecule has 5 heteroatoms. The fourth-order valence-corrected chi connectivity index (χ4v) is 2.35. The van der Waals surface area contributed by atoms with Crippen LogP contribution < -0.4 is 11.1 Å². The first-order valence-corrected chi connectivity index (χ1v) is 6.30. The molecule has 1 aliphatic carbocycles. The van der Waals surface area contributed by atoms with Crippen molar-refractivity contribution in [3.63, 3.8) is 0 Å². The highest BCUT2D eigenvalue weighted by atomic mass is 16.4. The van der Waals surface area contributed by atoms with Gasteiger partial charge in [0.15, 0.2) is 0 Å². The van der Waals surface area contributed by atoms with E-state index in [1.165, 1.54) is 12.8 Å². The molecule has 0 spiro atoms. The molecule has 0 saturated heterocycles. The second-order valence-electron chi connectivity index (χ2n) is 5.69. The third-order valence-corrected chi connectivity index (χ3v) is 3.91. The highest BCUT2D eigenvalue weighted by Crippen LogP contribution is 2.29. The van der Waals surface area contributed by atoms with E-state index in [1.54, 1.807) is 0 Å². The molecule has 0 radical (unpaired) electrons. The number of hydrogen-bond donors (Lipinski definition) is 4. The molecule has 0 amide bonds. The summed E-state index contributed by atoms with van der Waals surface area (Å²) in [7, 11) is 0. The van der Waals surface area contributed by atoms with E-state index in [-0.39, 0.29) is 23.4 Å². The molecule has 0 aliphatic heterocycles. The van der Waals surface area contributed by atoms with Gasteiger partial charge in [0.1, 0.15) is 5.84 Å². The number of nitrogens with one attached hydrogen (secondary N) is 1. The lowest BCUT2D eigenvalue weighted by Crippen LogP contribution is -2.48. The van der Waals surface area contributed by atoms with Crippen LogP contribution in [-0.4, -0.2) is 34.8 Å². The summed E-state index contributed by atoms with van der Waals surface area (Å²) in [5.74, 6) is 0.253. The summed E-state index contributed by atoms with van der Waals surface area (Å²) in [5, 5.41) is 24.6. The smallest absolute Gasteiger partial charge is 0.144 e. The number of aliphatic hydroxyl groups is 1. The van der Waals surface area contributed by atoms with E-state index in [0.717, 1.165) is 25.8 Å². The third kappa shape index (κ3) is 3.57. The molecule has 0 bridgehead atoms. The summed E-state index contributed by atoms with van der Waals surface area (Å²) in [6.45, 7) is 4.86. The number of oxime groups is 1. The SMILES string of the molecule is CC(C)(CCNC1(CO)CCCC1)C(N)=NO. The van der Waals surface area contributed by atoms with Crippen molar-refractivity contribution in [1.82, 2.24) is 5.32 Å². The maximum absolute atomic E-state index is 9.45. The highest BCUT2D eigenvalue weighted by molar-refractivity contribution is 5.85. The van der Waals surface area contributed by atoms with Gasteiger partial charge in [-0.05, 0) is 25.8 Å². The number of rotatable bonds is 6. The Morgan fingerprint density at radius 3 is 2.47 bits per heavy atom. The lowest BCUT2D eigenvalue weighted by Gasteiger charge is -2.30. The second-order valence-corrected chi connectivity index (χ2v) is 5.69. The van der Waals surface area contributed by atoms with E-state index in [1.807, 2.05) is 13.8 Å². The van der Waals surface area contributed by atoms with Gasteiger partial charge in [-0.3, -0.25) is 0 Å². The standard InChI is InChI=1S/C12H25N3O2/c1-11(2,10(13)15-17)7-8-14-12(9-16)5-3-4-6-12/h14,16-17H,3-9H2,1-2H3,(H2,13,15). The highest BCUT2D eigenvalue weighted by Gasteiger charge is 2.33. The molecule has 17 heavy (non-hydrogen) atoms. The molecule has 5 nitrogen and oxygen atoms in total. The summed E-state index contributed by atoms with van der Waals surface area (Å²) in [4.78, 5) is 0. The number of amidine groups is 1. The van der Waals surface area contributed by atoms with Gasteiger partial charge in [0, 0.05) is 11.0 Å². The summed E-state index contributed by atoms with van der Waals surface area (Å²) in [5.41, 5.74) is 5.21. The topological polar surface area (TPSA) is 90.9 Å². The predicted molar refractivity (Wildman–Crippen MR) is 68.1 cm³/mol. The summed E-state index contributed by atoms with van der Waals surface area (Å²) in [6, 6.07) is 0. The van der Waals surface area contributed by atoms with Crippen molar-refractivity contribution in [2.75, 3.05) is 13.2 Å². The van der Waals surface area contributed by atoms with Gasteiger partial charge in [-0.1, -0.05) is 31.8 Å². The quantitative estimate of drug-likeness (QED) is 0.243. The zero-order chi connectivity index (χ0) is 12.9. The summed E-state index contributed by atoms with van der Waals surface area (Å²) < 4.78 is 0. The molecular formula is C12H25N3O2. The minimum atomic E-state index is -0.322. The number of nitrogens with zero attached hydrogens (tertiary/aromatic N) is 1. The molecule has 100 valence electrons. The lowest BCUT2D eigenvalue weighted by atomic mass is 9.87. The van der Waals surface area contributed by atoms with E-state index < -0.39 is 0 Å². The Morgan fingerprint density at radius 2 is 2.00 bits per heavy atom. The van der Waals surface area contributed by atoms with Crippen molar-refractivity contribution >= 4 is 5.84 Å². The van der Waals surface area contributed by atoms with E-state index >= 15 is 0 Å². The second kappa shape index (κ2) is 5.69. The van der Waals surface area contributed by atoms with E-state index in [9.17, 15) is 5.11 Å². The molecule has 0 aromatic heterocycles. The predicted octanol–water partition coefficient (Wildman–Crippen LogP) is 1.04. The Bertz CT molecular complexity index is 271. The van der Waals surface area contributed by atoms with Crippen LogP contribution in [-0.2, 0) is 0 Å². The van der Waals surface area contributed by atoms with Crippen molar-refractivity contribution in [3.8, 4) is 0 Å². The average molecular weight is 243 g/mol. The number of nitrogens with two attached hydrogens (primary N) is 1. The molecule has 1 rings (SSSR count). The van der Waals surface area contributed by atoms with E-state index in [0.29, 0.717) is 0 Å². The monoisotopic (exact) mass is 243 g/mol. The van der Waals surface area contributed by atoms with E-state index in [4.69, 9.17) is 10.9 Å². The molecule has 1 aliphatic rings. The minimum absolute atomic E-state index is 0.0960. The van der Waals surface area contributed by atoms with Gasteiger partial charge >= 0.3 is 0 Å². The molecule has 1 fully saturated rings. The fraction of sp³-hybridized carbons (Fsp3) is 0.917. The lowest BCUT2D eigenvalue weighted by molar-refractivity contribution is 0.161. The first-order chi connectivity index (χ1) is 7.96. The van der Waals surface area contributed by atoms with Crippen LogP contribution in [0.5, 0.6) is 0 Å². The first kappa shape index (κ1) is 14.3. The van der Waals surface area contributed by atoms with E-state index in [2.05, 4.69) is 10.5 Å². The van der Waals surface area contributed by atoms with Gasteiger partial charge in [-0.25, -0.2) is 0 Å². The molecule has 0 unspecified atom stereocenters. The Kier molecular flexibility index (Phi) is 4.77. The van der Waals surface area contributed by atoms with Gasteiger partial charge in [-0.15, -0.1) is 0 Å². The molecule has 5 N–H and O–H groups in total. The molecule has 0 atom stereocenters. The van der Waals surface area contributed by atoms with Gasteiger partial charge in [0.2, 0.25) is 0 Å². The fourth-order valence-electron chi connectivity index (χ4n) is 2.35. The Hall–Kier alpha value is -0.810. The van der Waals surface area contributed by atoms with Crippen LogP contribution in [0.15, 0.2) is 5.16 Å². The zero-order valence-corrected chi connectivity index (χ0v) is 10.9. The van der Waals surface area contributed by atoms with Crippen molar-refractivity contribution in [2.24, 2.45) is 16.3 Å². The van der Waals surface area contributed by atoms with Crippen LogP contribution in [0, 0.1) is 5.41 Å². The van der Waals surface area contributed by atoms with Gasteiger partial charge in [-0.2, -0.15) is 0 Å². The Morgan fingerprint density at radius 1 is 1.41 bits per heavy atom. The first-order valence-electron chi connectivity index (χ1n) is 6.30. The van der Waals surface area contributed by atoms with Crippen molar-refractivity contribution in [1.29, 1.82) is 0 Å². The molecule has 0 aromatic carbocycles. The molecule has 0 heterocycles. The Balaban J connectivity index is 2.41. The third-order valence-electron chi connectivity index (χ3n) is 3.91. The van der Waals surface area contributed by atoms with Crippen LogP contribution in [0.2, 0.25) is 0 Å². The minimum Gasteiger partial charge on any atom is -0.409 e. The summed E-state index contributed by atoms with van der Waals surface area (Å²) in [6.07, 6.45) is 5.21. The number of aliphatic hydroxyl groups excluding tert-OH is 1. The van der Waals surface area contributed by atoms with Crippen LogP contribution in [0.25, 0.3) is 0 Å². The molecular weight excluding hydrogens is 218 g/mol. The van der Waals surface area contributed by atoms with Crippen LogP contribution in [0.4, 0.5) is 0 Å². The maximum Gasteiger partial charge on any atom is 0.144 e.